The molecular formula is C20H16BrN5O4. The Morgan fingerprint density at radius 3 is 1.90 bits per heavy atom. The van der Waals surface area contributed by atoms with Gasteiger partial charge in [-0.3, -0.25) is 20.1 Å². The fourth-order valence-electron chi connectivity index (χ4n) is 3.26. The number of urea groups is 1. The fraction of sp³-hybridized carbons (Fsp3) is 0.0500. The van der Waals surface area contributed by atoms with Crippen molar-refractivity contribution >= 4 is 39.0 Å². The smallest absolute Gasteiger partial charge is 0.352 e. The molecule has 0 aromatic heterocycles. The van der Waals surface area contributed by atoms with Crippen molar-refractivity contribution in [1.82, 2.24) is 10.9 Å². The Bertz CT molecular complexity index is 1050. The van der Waals surface area contributed by atoms with Gasteiger partial charge >= 0.3 is 6.03 Å². The van der Waals surface area contributed by atoms with Gasteiger partial charge in [0.1, 0.15) is 5.75 Å². The van der Waals surface area contributed by atoms with E-state index in [2.05, 4.69) is 26.8 Å². The molecule has 0 atom stereocenters. The quantitative estimate of drug-likeness (QED) is 0.389. The number of rotatable bonds is 4. The number of benzene rings is 3. The van der Waals surface area contributed by atoms with E-state index < -0.39 is 17.1 Å². The standard InChI is InChI=1S/C20H16BrN5O4/c21-17-12-15(26(29)30)11-16(18(17)27)19-24(13-7-3-1-4-8-13)22-20(28)23-25(19)14-9-5-2-6-10-14/h1-12,19,27H,(H2,22,23,28). The largest absolute Gasteiger partial charge is 0.506 e. The highest BCUT2D eigenvalue weighted by atomic mass is 79.9. The van der Waals surface area contributed by atoms with Gasteiger partial charge in [-0.25, -0.2) is 15.6 Å². The number of para-hydroxylation sites is 2. The monoisotopic (exact) mass is 469 g/mol. The van der Waals surface area contributed by atoms with E-state index in [-0.39, 0.29) is 21.5 Å². The van der Waals surface area contributed by atoms with Crippen LogP contribution in [-0.4, -0.2) is 16.1 Å². The lowest BCUT2D eigenvalue weighted by Crippen LogP contribution is -2.65. The summed E-state index contributed by atoms with van der Waals surface area (Å²) in [5.74, 6) is -0.176. The molecule has 0 saturated carbocycles. The second kappa shape index (κ2) is 7.91. The summed E-state index contributed by atoms with van der Waals surface area (Å²) < 4.78 is 0.171. The first-order valence-electron chi connectivity index (χ1n) is 8.88. The predicted octanol–water partition coefficient (Wildman–Crippen LogP) is 4.22. The number of carbonyl (C=O) groups is 1. The number of hydrazine groups is 2. The SMILES string of the molecule is O=C1NN(c2ccccc2)C(c2cc([N+](=O)[O-])cc(Br)c2O)N(c2ccccc2)N1. The molecule has 3 aromatic carbocycles. The number of halogens is 1. The number of nitro benzene ring substituents is 1. The van der Waals surface area contributed by atoms with Gasteiger partial charge in [0.05, 0.1) is 20.8 Å². The van der Waals surface area contributed by atoms with Gasteiger partial charge in [-0.1, -0.05) is 36.4 Å². The molecule has 4 rings (SSSR count). The minimum absolute atomic E-state index is 0.171. The van der Waals surface area contributed by atoms with Crippen LogP contribution in [0.5, 0.6) is 5.75 Å². The summed E-state index contributed by atoms with van der Waals surface area (Å²) in [6, 6.07) is 20.0. The first kappa shape index (κ1) is 19.5. The summed E-state index contributed by atoms with van der Waals surface area (Å²) in [7, 11) is 0. The van der Waals surface area contributed by atoms with Crippen LogP contribution in [0.2, 0.25) is 0 Å². The molecule has 0 bridgehead atoms. The van der Waals surface area contributed by atoms with Gasteiger partial charge < -0.3 is 5.11 Å². The number of carbonyl (C=O) groups excluding carboxylic acids is 1. The van der Waals surface area contributed by atoms with Gasteiger partial charge in [-0.15, -0.1) is 0 Å². The minimum Gasteiger partial charge on any atom is -0.506 e. The first-order chi connectivity index (χ1) is 14.5. The third-order valence-electron chi connectivity index (χ3n) is 4.57. The van der Waals surface area contributed by atoms with E-state index in [9.17, 15) is 20.0 Å². The van der Waals surface area contributed by atoms with Crippen molar-refractivity contribution in [1.29, 1.82) is 0 Å². The second-order valence-corrected chi connectivity index (χ2v) is 7.31. The number of phenolic OH excluding ortho intramolecular Hbond substituents is 1. The van der Waals surface area contributed by atoms with Gasteiger partial charge in [-0.2, -0.15) is 0 Å². The number of phenols is 1. The average Bonchev–Trinajstić information content (AvgIpc) is 2.76. The van der Waals surface area contributed by atoms with Crippen LogP contribution in [0.3, 0.4) is 0 Å². The van der Waals surface area contributed by atoms with Gasteiger partial charge in [0.25, 0.3) is 5.69 Å². The van der Waals surface area contributed by atoms with E-state index in [4.69, 9.17) is 0 Å². The molecule has 0 spiro atoms. The summed E-state index contributed by atoms with van der Waals surface area (Å²) in [5.41, 5.74) is 6.71. The summed E-state index contributed by atoms with van der Waals surface area (Å²) >= 11 is 3.20. The lowest BCUT2D eigenvalue weighted by atomic mass is 10.1. The number of nitrogens with one attached hydrogen (secondary N) is 2. The molecule has 1 aliphatic rings. The predicted molar refractivity (Wildman–Crippen MR) is 115 cm³/mol. The van der Waals surface area contributed by atoms with E-state index in [0.717, 1.165) is 0 Å². The molecule has 9 nitrogen and oxygen atoms in total. The van der Waals surface area contributed by atoms with Crippen molar-refractivity contribution in [3.05, 3.63) is 92.9 Å². The Balaban J connectivity index is 1.94. The molecular weight excluding hydrogens is 454 g/mol. The van der Waals surface area contributed by atoms with Crippen molar-refractivity contribution in [2.45, 2.75) is 6.17 Å². The van der Waals surface area contributed by atoms with Crippen LogP contribution in [0.25, 0.3) is 0 Å². The zero-order chi connectivity index (χ0) is 21.3. The lowest BCUT2D eigenvalue weighted by Gasteiger charge is -2.45. The molecule has 2 amide bonds. The summed E-state index contributed by atoms with van der Waals surface area (Å²) in [6.45, 7) is 0. The van der Waals surface area contributed by atoms with Crippen LogP contribution in [0.4, 0.5) is 21.9 Å². The maximum atomic E-state index is 12.4. The third-order valence-corrected chi connectivity index (χ3v) is 5.17. The van der Waals surface area contributed by atoms with Crippen LogP contribution in [0.15, 0.2) is 77.3 Å². The molecule has 1 aliphatic heterocycles. The van der Waals surface area contributed by atoms with Gasteiger partial charge in [0.15, 0.2) is 6.17 Å². The number of hydrogen-bond donors (Lipinski definition) is 3. The Hall–Kier alpha value is -3.79. The first-order valence-corrected chi connectivity index (χ1v) is 9.67. The number of aromatic hydroxyl groups is 1. The molecule has 0 aliphatic carbocycles. The Morgan fingerprint density at radius 2 is 1.43 bits per heavy atom. The highest BCUT2D eigenvalue weighted by Gasteiger charge is 2.38. The van der Waals surface area contributed by atoms with Crippen molar-refractivity contribution in [2.75, 3.05) is 10.0 Å². The number of nitro groups is 1. The fourth-order valence-corrected chi connectivity index (χ4v) is 3.72. The summed E-state index contributed by atoms with van der Waals surface area (Å²) in [6.07, 6.45) is -0.844. The zero-order valence-electron chi connectivity index (χ0n) is 15.4. The van der Waals surface area contributed by atoms with E-state index in [1.807, 2.05) is 12.1 Å². The Kier molecular flexibility index (Phi) is 5.15. The molecule has 0 unspecified atom stereocenters. The topological polar surface area (TPSA) is 111 Å². The molecule has 1 saturated heterocycles. The molecule has 10 heteroatoms. The molecule has 3 aromatic rings. The molecule has 152 valence electrons. The zero-order valence-corrected chi connectivity index (χ0v) is 17.0. The van der Waals surface area contributed by atoms with Gasteiger partial charge in [-0.05, 0) is 40.2 Å². The molecule has 30 heavy (non-hydrogen) atoms. The van der Waals surface area contributed by atoms with Crippen LogP contribution in [0.1, 0.15) is 11.7 Å². The summed E-state index contributed by atoms with van der Waals surface area (Å²) in [4.78, 5) is 23.4. The molecule has 3 N–H and O–H groups in total. The highest BCUT2D eigenvalue weighted by Crippen LogP contribution is 2.42. The van der Waals surface area contributed by atoms with Crippen molar-refractivity contribution < 1.29 is 14.8 Å². The number of nitrogens with zero attached hydrogens (tertiary/aromatic N) is 3. The average molecular weight is 470 g/mol. The highest BCUT2D eigenvalue weighted by molar-refractivity contribution is 9.10. The number of hydrogen-bond acceptors (Lipinski definition) is 6. The Labute approximate surface area is 179 Å². The molecule has 0 radical (unpaired) electrons. The van der Waals surface area contributed by atoms with Gasteiger partial charge in [0.2, 0.25) is 0 Å². The maximum absolute atomic E-state index is 12.4. The lowest BCUT2D eigenvalue weighted by molar-refractivity contribution is -0.385. The van der Waals surface area contributed by atoms with E-state index >= 15 is 0 Å². The van der Waals surface area contributed by atoms with Crippen molar-refractivity contribution in [2.24, 2.45) is 0 Å². The number of anilines is 2. The van der Waals surface area contributed by atoms with Gasteiger partial charge in [0, 0.05) is 17.7 Å². The van der Waals surface area contributed by atoms with Crippen LogP contribution in [-0.2, 0) is 0 Å². The van der Waals surface area contributed by atoms with E-state index in [0.29, 0.717) is 11.4 Å². The number of non-ortho nitro benzene ring substituents is 1. The molecule has 1 heterocycles. The third kappa shape index (κ3) is 3.60. The molecule has 1 fully saturated rings. The van der Waals surface area contributed by atoms with E-state index in [1.54, 1.807) is 48.5 Å². The second-order valence-electron chi connectivity index (χ2n) is 6.46. The van der Waals surface area contributed by atoms with Crippen molar-refractivity contribution in [3.8, 4) is 5.75 Å². The normalized spacial score (nSPS) is 14.2. The van der Waals surface area contributed by atoms with Crippen LogP contribution < -0.4 is 20.9 Å². The maximum Gasteiger partial charge on any atom is 0.352 e. The number of amides is 2. The summed E-state index contributed by atoms with van der Waals surface area (Å²) in [5, 5.41) is 25.3. The Morgan fingerprint density at radius 1 is 0.933 bits per heavy atom. The van der Waals surface area contributed by atoms with Crippen LogP contribution >= 0.6 is 15.9 Å². The minimum atomic E-state index is -0.844. The van der Waals surface area contributed by atoms with Crippen LogP contribution in [0, 0.1) is 10.1 Å². The van der Waals surface area contributed by atoms with Crippen molar-refractivity contribution in [3.63, 3.8) is 0 Å². The van der Waals surface area contributed by atoms with E-state index in [1.165, 1.54) is 22.2 Å².